The third kappa shape index (κ3) is 7.04. The summed E-state index contributed by atoms with van der Waals surface area (Å²) in [4.78, 5) is 33.6. The summed E-state index contributed by atoms with van der Waals surface area (Å²) in [6.07, 6.45) is 1.74. The SMILES string of the molecule is CCOC(=O)C1=C(c2ccccc2)N=c2s/c(=C\c3cc(Br)c(OCc4ccccc4C#N)c(OC)c3)c(=O)n2[C@H]1c1ccc(OC)c(OC)c1. The van der Waals surface area contributed by atoms with Crippen molar-refractivity contribution in [2.24, 2.45) is 4.99 Å². The molecule has 1 aliphatic rings. The standard InChI is InChI=1S/C39H32BrN3O7S/c1-5-49-38(45)33-34(24-11-7-6-8-12-24)42-39-43(35(33)25-15-16-29(46-2)30(20-25)47-3)37(44)32(51-39)19-23-17-28(40)36(31(18-23)48-4)50-22-27-14-10-9-13-26(27)21-41/h6-20,35H,5,22H2,1-4H3/b32-19-/t35-/m0/s1. The van der Waals surface area contributed by atoms with Gasteiger partial charge in [-0.1, -0.05) is 65.9 Å². The molecule has 51 heavy (non-hydrogen) atoms. The number of aromatic nitrogens is 1. The molecule has 0 bridgehead atoms. The third-order valence-electron chi connectivity index (χ3n) is 8.16. The van der Waals surface area contributed by atoms with E-state index < -0.39 is 12.0 Å². The number of fused-ring (bicyclic) bond motifs is 1. The number of benzene rings is 4. The maximum absolute atomic E-state index is 14.4. The van der Waals surface area contributed by atoms with Crippen molar-refractivity contribution in [3.8, 4) is 29.1 Å². The van der Waals surface area contributed by atoms with Gasteiger partial charge in [-0.15, -0.1) is 0 Å². The molecule has 2 heterocycles. The Morgan fingerprint density at radius 2 is 1.69 bits per heavy atom. The molecular weight excluding hydrogens is 734 g/mol. The summed E-state index contributed by atoms with van der Waals surface area (Å²) in [5.74, 6) is 1.23. The van der Waals surface area contributed by atoms with E-state index in [1.54, 1.807) is 49.4 Å². The Bertz CT molecular complexity index is 2380. The van der Waals surface area contributed by atoms with Crippen LogP contribution in [-0.2, 0) is 16.1 Å². The molecule has 5 aromatic rings. The Balaban J connectivity index is 1.51. The van der Waals surface area contributed by atoms with E-state index in [0.717, 1.165) is 5.56 Å². The van der Waals surface area contributed by atoms with Crippen LogP contribution in [0.5, 0.6) is 23.0 Å². The predicted octanol–water partition coefficient (Wildman–Crippen LogP) is 6.17. The van der Waals surface area contributed by atoms with Gasteiger partial charge in [-0.25, -0.2) is 9.79 Å². The molecule has 6 rings (SSSR count). The predicted molar refractivity (Wildman–Crippen MR) is 197 cm³/mol. The fourth-order valence-corrected chi connectivity index (χ4v) is 7.37. The molecule has 0 unspecified atom stereocenters. The molecule has 4 aromatic carbocycles. The van der Waals surface area contributed by atoms with Crippen molar-refractivity contribution in [3.05, 3.63) is 142 Å². The average molecular weight is 767 g/mol. The number of nitriles is 1. The second-order valence-electron chi connectivity index (χ2n) is 11.1. The van der Waals surface area contributed by atoms with Gasteiger partial charge in [0.2, 0.25) is 0 Å². The molecule has 10 nitrogen and oxygen atoms in total. The van der Waals surface area contributed by atoms with Crippen LogP contribution in [0.3, 0.4) is 0 Å². The fourth-order valence-electron chi connectivity index (χ4n) is 5.80. The van der Waals surface area contributed by atoms with Gasteiger partial charge in [0.25, 0.3) is 5.56 Å². The van der Waals surface area contributed by atoms with Crippen molar-refractivity contribution in [1.82, 2.24) is 4.57 Å². The number of nitrogens with zero attached hydrogens (tertiary/aromatic N) is 3. The van der Waals surface area contributed by atoms with Crippen LogP contribution in [0.1, 0.15) is 40.8 Å². The minimum atomic E-state index is -0.897. The molecule has 0 amide bonds. The van der Waals surface area contributed by atoms with Crippen LogP contribution in [0.4, 0.5) is 0 Å². The van der Waals surface area contributed by atoms with Gasteiger partial charge in [0, 0.05) is 11.1 Å². The van der Waals surface area contributed by atoms with E-state index in [9.17, 15) is 14.9 Å². The molecule has 0 saturated carbocycles. The van der Waals surface area contributed by atoms with E-state index in [1.807, 2.05) is 48.5 Å². The summed E-state index contributed by atoms with van der Waals surface area (Å²) in [7, 11) is 4.59. The van der Waals surface area contributed by atoms with Gasteiger partial charge in [0.05, 0.1) is 65.9 Å². The van der Waals surface area contributed by atoms with Crippen LogP contribution in [0.2, 0.25) is 0 Å². The lowest BCUT2D eigenvalue weighted by Gasteiger charge is -2.26. The van der Waals surface area contributed by atoms with E-state index in [0.29, 0.717) is 64.8 Å². The number of carbonyl (C=O) groups excluding carboxylic acids is 1. The Morgan fingerprint density at radius 1 is 0.961 bits per heavy atom. The summed E-state index contributed by atoms with van der Waals surface area (Å²) >= 11 is 4.81. The first-order valence-electron chi connectivity index (χ1n) is 15.8. The average Bonchev–Trinajstić information content (AvgIpc) is 3.47. The Hall–Kier alpha value is -5.64. The maximum Gasteiger partial charge on any atom is 0.338 e. The molecule has 1 atom stereocenters. The van der Waals surface area contributed by atoms with Crippen molar-refractivity contribution in [2.75, 3.05) is 27.9 Å². The topological polar surface area (TPSA) is 121 Å². The van der Waals surface area contributed by atoms with E-state index in [2.05, 4.69) is 22.0 Å². The van der Waals surface area contributed by atoms with Gasteiger partial charge in [0.15, 0.2) is 27.8 Å². The minimum absolute atomic E-state index is 0.134. The Kier molecular flexibility index (Phi) is 10.7. The molecule has 1 aromatic heterocycles. The van der Waals surface area contributed by atoms with Gasteiger partial charge in [-0.3, -0.25) is 9.36 Å². The molecular formula is C39H32BrN3O7S. The lowest BCUT2D eigenvalue weighted by atomic mass is 9.93. The van der Waals surface area contributed by atoms with Gasteiger partial charge >= 0.3 is 5.97 Å². The van der Waals surface area contributed by atoms with Crippen molar-refractivity contribution in [3.63, 3.8) is 0 Å². The number of carbonyl (C=O) groups is 1. The number of thiazole rings is 1. The third-order valence-corrected chi connectivity index (χ3v) is 9.73. The molecule has 0 aliphatic carbocycles. The largest absolute Gasteiger partial charge is 0.493 e. The summed E-state index contributed by atoms with van der Waals surface area (Å²) in [5, 5.41) is 9.48. The number of rotatable bonds is 11. The minimum Gasteiger partial charge on any atom is -0.493 e. The highest BCUT2D eigenvalue weighted by molar-refractivity contribution is 9.10. The number of esters is 1. The van der Waals surface area contributed by atoms with Crippen molar-refractivity contribution in [1.29, 1.82) is 5.26 Å². The molecule has 258 valence electrons. The van der Waals surface area contributed by atoms with Crippen LogP contribution in [0.25, 0.3) is 11.8 Å². The monoisotopic (exact) mass is 765 g/mol. The fraction of sp³-hybridized carbons (Fsp3) is 0.179. The number of halogens is 1. The van der Waals surface area contributed by atoms with Crippen molar-refractivity contribution >= 4 is 45.0 Å². The van der Waals surface area contributed by atoms with Crippen LogP contribution < -0.4 is 33.8 Å². The first kappa shape index (κ1) is 35.2. The molecule has 0 radical (unpaired) electrons. The number of hydrogen-bond donors (Lipinski definition) is 0. The summed E-state index contributed by atoms with van der Waals surface area (Å²) in [6.45, 7) is 2.02. The van der Waals surface area contributed by atoms with E-state index in [4.69, 9.17) is 28.7 Å². The Morgan fingerprint density at radius 3 is 2.39 bits per heavy atom. The number of ether oxygens (including phenoxy) is 5. The highest BCUT2D eigenvalue weighted by atomic mass is 79.9. The Labute approximate surface area is 306 Å². The zero-order valence-corrected chi connectivity index (χ0v) is 30.5. The van der Waals surface area contributed by atoms with Crippen LogP contribution in [0, 0.1) is 11.3 Å². The zero-order valence-electron chi connectivity index (χ0n) is 28.1. The second-order valence-corrected chi connectivity index (χ2v) is 13.0. The van der Waals surface area contributed by atoms with E-state index in [1.165, 1.54) is 37.2 Å². The lowest BCUT2D eigenvalue weighted by molar-refractivity contribution is -0.138. The highest BCUT2D eigenvalue weighted by Gasteiger charge is 2.35. The quantitative estimate of drug-likeness (QED) is 0.146. The van der Waals surface area contributed by atoms with Crippen molar-refractivity contribution < 1.29 is 28.5 Å². The van der Waals surface area contributed by atoms with Crippen LogP contribution in [-0.4, -0.2) is 38.5 Å². The lowest BCUT2D eigenvalue weighted by Crippen LogP contribution is -2.40. The van der Waals surface area contributed by atoms with E-state index >= 15 is 0 Å². The number of hydrogen-bond acceptors (Lipinski definition) is 10. The number of methoxy groups -OCH3 is 3. The van der Waals surface area contributed by atoms with E-state index in [-0.39, 0.29) is 24.3 Å². The molecule has 0 spiro atoms. The van der Waals surface area contributed by atoms with Gasteiger partial charge < -0.3 is 23.7 Å². The summed E-state index contributed by atoms with van der Waals surface area (Å²) in [5.41, 5.74) is 3.50. The molecule has 0 saturated heterocycles. The second kappa shape index (κ2) is 15.5. The zero-order chi connectivity index (χ0) is 36.1. The molecule has 12 heteroatoms. The first-order chi connectivity index (χ1) is 24.8. The first-order valence-corrected chi connectivity index (χ1v) is 17.4. The van der Waals surface area contributed by atoms with Crippen LogP contribution in [0.15, 0.2) is 105 Å². The maximum atomic E-state index is 14.4. The van der Waals surface area contributed by atoms with Crippen molar-refractivity contribution in [2.45, 2.75) is 19.6 Å². The highest BCUT2D eigenvalue weighted by Crippen LogP contribution is 2.39. The summed E-state index contributed by atoms with van der Waals surface area (Å²) in [6, 6.07) is 26.7. The smallest absolute Gasteiger partial charge is 0.338 e. The summed E-state index contributed by atoms with van der Waals surface area (Å²) < 4.78 is 30.9. The molecule has 0 N–H and O–H groups in total. The van der Waals surface area contributed by atoms with Gasteiger partial charge in [0.1, 0.15) is 6.61 Å². The normalized spacial score (nSPS) is 13.9. The molecule has 1 aliphatic heterocycles. The van der Waals surface area contributed by atoms with Gasteiger partial charge in [-0.2, -0.15) is 5.26 Å². The van der Waals surface area contributed by atoms with Gasteiger partial charge in [-0.05, 0) is 70.4 Å². The molecule has 0 fully saturated rings. The van der Waals surface area contributed by atoms with Crippen LogP contribution >= 0.6 is 27.3 Å².